The minimum absolute atomic E-state index is 0.00719. The van der Waals surface area contributed by atoms with Crippen molar-refractivity contribution in [2.75, 3.05) is 11.4 Å². The fourth-order valence-corrected chi connectivity index (χ4v) is 2.48. The first-order chi connectivity index (χ1) is 10.4. The van der Waals surface area contributed by atoms with Gasteiger partial charge in [-0.1, -0.05) is 32.0 Å². The van der Waals surface area contributed by atoms with E-state index in [-0.39, 0.29) is 17.9 Å². The predicted octanol–water partition coefficient (Wildman–Crippen LogP) is 3.22. The molecule has 2 amide bonds. The van der Waals surface area contributed by atoms with Crippen LogP contribution in [0.4, 0.5) is 5.69 Å². The Morgan fingerprint density at radius 3 is 2.50 bits per heavy atom. The summed E-state index contributed by atoms with van der Waals surface area (Å²) in [5.41, 5.74) is 3.16. The number of anilines is 1. The van der Waals surface area contributed by atoms with Crippen LogP contribution in [0.15, 0.2) is 18.2 Å². The first-order valence-corrected chi connectivity index (χ1v) is 8.06. The van der Waals surface area contributed by atoms with Gasteiger partial charge in [-0.25, -0.2) is 0 Å². The molecular weight excluding hydrogens is 276 g/mol. The van der Waals surface area contributed by atoms with Crippen molar-refractivity contribution in [3.8, 4) is 0 Å². The number of amides is 2. The van der Waals surface area contributed by atoms with Crippen LogP contribution in [0.1, 0.15) is 51.7 Å². The molecule has 0 aliphatic carbocycles. The summed E-state index contributed by atoms with van der Waals surface area (Å²) in [5, 5.41) is 2.94. The Bertz CT molecular complexity index is 526. The van der Waals surface area contributed by atoms with Crippen LogP contribution < -0.4 is 10.2 Å². The summed E-state index contributed by atoms with van der Waals surface area (Å²) in [6.07, 6.45) is 2.08. The third-order valence-electron chi connectivity index (χ3n) is 3.93. The maximum atomic E-state index is 12.0. The lowest BCUT2D eigenvalue weighted by atomic mass is 10.0. The second kappa shape index (κ2) is 8.57. The molecule has 1 unspecified atom stereocenters. The molecule has 0 aromatic heterocycles. The van der Waals surface area contributed by atoms with Crippen LogP contribution in [0.3, 0.4) is 0 Å². The number of hydrogen-bond acceptors (Lipinski definition) is 2. The van der Waals surface area contributed by atoms with E-state index in [0.717, 1.165) is 29.7 Å². The van der Waals surface area contributed by atoms with E-state index in [1.807, 2.05) is 39.0 Å². The molecular formula is C18H28N2O2. The summed E-state index contributed by atoms with van der Waals surface area (Å²) in [6.45, 7) is 10.1. The first kappa shape index (κ1) is 18.2. The van der Waals surface area contributed by atoms with Crippen molar-refractivity contribution in [1.82, 2.24) is 5.32 Å². The van der Waals surface area contributed by atoms with E-state index in [2.05, 4.69) is 12.2 Å². The van der Waals surface area contributed by atoms with E-state index in [1.54, 1.807) is 11.8 Å². The number of carbonyl (C=O) groups excluding carboxylic acids is 2. The van der Waals surface area contributed by atoms with Gasteiger partial charge in [-0.05, 0) is 37.8 Å². The summed E-state index contributed by atoms with van der Waals surface area (Å²) in [6, 6.07) is 6.22. The molecule has 0 spiro atoms. The van der Waals surface area contributed by atoms with Gasteiger partial charge in [0, 0.05) is 31.6 Å². The molecule has 0 fully saturated rings. The highest BCUT2D eigenvalue weighted by Gasteiger charge is 2.18. The van der Waals surface area contributed by atoms with Gasteiger partial charge in [0.1, 0.15) is 0 Å². The molecule has 0 saturated heterocycles. The summed E-state index contributed by atoms with van der Waals surface area (Å²) in [5.74, 6) is -0.0347. The van der Waals surface area contributed by atoms with Crippen LogP contribution >= 0.6 is 0 Å². The van der Waals surface area contributed by atoms with Gasteiger partial charge in [-0.15, -0.1) is 0 Å². The van der Waals surface area contributed by atoms with Crippen molar-refractivity contribution in [3.63, 3.8) is 0 Å². The molecule has 4 nitrogen and oxygen atoms in total. The lowest BCUT2D eigenvalue weighted by molar-refractivity contribution is -0.121. The monoisotopic (exact) mass is 304 g/mol. The zero-order chi connectivity index (χ0) is 16.7. The molecule has 0 aliphatic heterocycles. The van der Waals surface area contributed by atoms with E-state index < -0.39 is 0 Å². The van der Waals surface area contributed by atoms with Gasteiger partial charge in [0.05, 0.1) is 0 Å². The minimum atomic E-state index is -0.0275. The summed E-state index contributed by atoms with van der Waals surface area (Å²) in [7, 11) is 0. The summed E-state index contributed by atoms with van der Waals surface area (Å²) < 4.78 is 0. The van der Waals surface area contributed by atoms with Crippen molar-refractivity contribution >= 4 is 17.5 Å². The highest BCUT2D eigenvalue weighted by molar-refractivity contribution is 5.94. The maximum Gasteiger partial charge on any atom is 0.223 e. The van der Waals surface area contributed by atoms with Crippen molar-refractivity contribution in [2.24, 2.45) is 0 Å². The SMILES string of the molecule is CCc1cccc(C)c1N(CCC(=O)NC(C)CC)C(C)=O. The van der Waals surface area contributed by atoms with Gasteiger partial charge < -0.3 is 10.2 Å². The number of benzene rings is 1. The summed E-state index contributed by atoms with van der Waals surface area (Å²) >= 11 is 0. The van der Waals surface area contributed by atoms with Crippen LogP contribution in [0.2, 0.25) is 0 Å². The van der Waals surface area contributed by atoms with E-state index in [9.17, 15) is 9.59 Å². The highest BCUT2D eigenvalue weighted by Crippen LogP contribution is 2.26. The van der Waals surface area contributed by atoms with Crippen molar-refractivity contribution < 1.29 is 9.59 Å². The number of para-hydroxylation sites is 1. The average molecular weight is 304 g/mol. The Balaban J connectivity index is 2.88. The zero-order valence-electron chi connectivity index (χ0n) is 14.4. The smallest absolute Gasteiger partial charge is 0.223 e. The number of rotatable bonds is 7. The normalized spacial score (nSPS) is 11.9. The lowest BCUT2D eigenvalue weighted by Gasteiger charge is -2.26. The van der Waals surface area contributed by atoms with E-state index >= 15 is 0 Å². The van der Waals surface area contributed by atoms with E-state index in [4.69, 9.17) is 0 Å². The third-order valence-corrected chi connectivity index (χ3v) is 3.93. The highest BCUT2D eigenvalue weighted by atomic mass is 16.2. The third kappa shape index (κ3) is 4.86. The summed E-state index contributed by atoms with van der Waals surface area (Å²) in [4.78, 5) is 25.7. The lowest BCUT2D eigenvalue weighted by Crippen LogP contribution is -2.37. The van der Waals surface area contributed by atoms with Gasteiger partial charge in [-0.3, -0.25) is 9.59 Å². The molecule has 0 bridgehead atoms. The topological polar surface area (TPSA) is 49.4 Å². The number of hydrogen-bond donors (Lipinski definition) is 1. The fourth-order valence-electron chi connectivity index (χ4n) is 2.48. The van der Waals surface area contributed by atoms with Crippen molar-refractivity contribution in [3.05, 3.63) is 29.3 Å². The van der Waals surface area contributed by atoms with E-state index in [1.165, 1.54) is 0 Å². The van der Waals surface area contributed by atoms with Crippen LogP contribution in [0, 0.1) is 6.92 Å². The Kier molecular flexibility index (Phi) is 7.09. The van der Waals surface area contributed by atoms with Crippen LogP contribution in [0.5, 0.6) is 0 Å². The van der Waals surface area contributed by atoms with Gasteiger partial charge >= 0.3 is 0 Å². The molecule has 1 aromatic carbocycles. The molecule has 0 saturated carbocycles. The molecule has 0 aliphatic rings. The van der Waals surface area contributed by atoms with Crippen molar-refractivity contribution in [2.45, 2.75) is 59.9 Å². The number of carbonyl (C=O) groups is 2. The second-order valence-corrected chi connectivity index (χ2v) is 5.73. The Morgan fingerprint density at radius 2 is 1.95 bits per heavy atom. The van der Waals surface area contributed by atoms with Crippen LogP contribution in [-0.4, -0.2) is 24.4 Å². The molecule has 0 heterocycles. The molecule has 4 heteroatoms. The largest absolute Gasteiger partial charge is 0.354 e. The molecule has 1 atom stereocenters. The second-order valence-electron chi connectivity index (χ2n) is 5.73. The molecule has 0 radical (unpaired) electrons. The van der Waals surface area contributed by atoms with Gasteiger partial charge in [0.25, 0.3) is 0 Å². The number of nitrogens with zero attached hydrogens (tertiary/aromatic N) is 1. The van der Waals surface area contributed by atoms with Gasteiger partial charge in [-0.2, -0.15) is 0 Å². The molecule has 1 aromatic rings. The number of nitrogens with one attached hydrogen (secondary N) is 1. The van der Waals surface area contributed by atoms with Crippen LogP contribution in [0.25, 0.3) is 0 Å². The average Bonchev–Trinajstić information content (AvgIpc) is 2.48. The molecule has 22 heavy (non-hydrogen) atoms. The fraction of sp³-hybridized carbons (Fsp3) is 0.556. The molecule has 1 rings (SSSR count). The quantitative estimate of drug-likeness (QED) is 0.841. The maximum absolute atomic E-state index is 12.0. The van der Waals surface area contributed by atoms with Gasteiger partial charge in [0.15, 0.2) is 0 Å². The van der Waals surface area contributed by atoms with Gasteiger partial charge in [0.2, 0.25) is 11.8 Å². The van der Waals surface area contributed by atoms with Crippen LogP contribution in [-0.2, 0) is 16.0 Å². The number of aryl methyl sites for hydroxylation is 2. The Morgan fingerprint density at radius 1 is 1.27 bits per heavy atom. The molecule has 122 valence electrons. The Hall–Kier alpha value is -1.84. The zero-order valence-corrected chi connectivity index (χ0v) is 14.4. The predicted molar refractivity (Wildman–Crippen MR) is 91.1 cm³/mol. The van der Waals surface area contributed by atoms with E-state index in [0.29, 0.717) is 13.0 Å². The standard InChI is InChI=1S/C18H28N2O2/c1-6-14(4)19-17(22)11-12-20(15(5)21)18-13(3)9-8-10-16(18)7-2/h8-10,14H,6-7,11-12H2,1-5H3,(H,19,22). The minimum Gasteiger partial charge on any atom is -0.354 e. The first-order valence-electron chi connectivity index (χ1n) is 8.06. The molecule has 1 N–H and O–H groups in total. The van der Waals surface area contributed by atoms with Crippen molar-refractivity contribution in [1.29, 1.82) is 0 Å². The Labute approximate surface area is 133 Å².